The summed E-state index contributed by atoms with van der Waals surface area (Å²) in [5.41, 5.74) is 2.04. The Bertz CT molecular complexity index is 709. The summed E-state index contributed by atoms with van der Waals surface area (Å²) in [5.74, 6) is 0.656. The second-order valence-corrected chi connectivity index (χ2v) is 7.22. The fourth-order valence-corrected chi connectivity index (χ4v) is 4.20. The summed E-state index contributed by atoms with van der Waals surface area (Å²) in [4.78, 5) is 17.2. The lowest BCUT2D eigenvalue weighted by Crippen LogP contribution is -2.45. The number of aromatic nitrogens is 1. The third-order valence-corrected chi connectivity index (χ3v) is 5.43. The minimum absolute atomic E-state index is 0.0533. The molecule has 2 saturated heterocycles. The van der Waals surface area contributed by atoms with E-state index < -0.39 is 0 Å². The summed E-state index contributed by atoms with van der Waals surface area (Å²) in [6, 6.07) is 2.03. The zero-order chi connectivity index (χ0) is 16.6. The van der Waals surface area contributed by atoms with Crippen LogP contribution >= 0.6 is 0 Å². The van der Waals surface area contributed by atoms with Gasteiger partial charge in [0.2, 0.25) is 0 Å². The number of hydrogen-bond acceptors (Lipinski definition) is 5. The molecule has 2 fully saturated rings. The Kier molecular flexibility index (Phi) is 3.92. The van der Waals surface area contributed by atoms with Crippen LogP contribution in [0.1, 0.15) is 40.9 Å². The van der Waals surface area contributed by atoms with Crippen LogP contribution in [0.25, 0.3) is 0 Å². The summed E-state index contributed by atoms with van der Waals surface area (Å²) < 4.78 is 10.2. The molecular weight excluding hydrogens is 306 g/mol. The Morgan fingerprint density at radius 3 is 3.00 bits per heavy atom. The molecule has 1 amide bonds. The summed E-state index contributed by atoms with van der Waals surface area (Å²) in [6.07, 6.45) is 8.54. The second-order valence-electron chi connectivity index (χ2n) is 7.22. The molecule has 4 rings (SSSR count). The Hall–Kier alpha value is -2.08. The fourth-order valence-electron chi connectivity index (χ4n) is 4.20. The van der Waals surface area contributed by atoms with Crippen LogP contribution in [-0.2, 0) is 6.54 Å². The van der Waals surface area contributed by atoms with Crippen LogP contribution in [0.5, 0.6) is 0 Å². The maximum Gasteiger partial charge on any atom is 0.259 e. The van der Waals surface area contributed by atoms with Gasteiger partial charge in [0.1, 0.15) is 11.3 Å². The van der Waals surface area contributed by atoms with Crippen molar-refractivity contribution in [3.63, 3.8) is 0 Å². The number of likely N-dealkylation sites (tertiary alicyclic amines) is 2. The van der Waals surface area contributed by atoms with Gasteiger partial charge in [-0.2, -0.15) is 0 Å². The van der Waals surface area contributed by atoms with Crippen molar-refractivity contribution in [3.8, 4) is 0 Å². The van der Waals surface area contributed by atoms with Gasteiger partial charge in [0.25, 0.3) is 5.91 Å². The molecule has 1 spiro atoms. The van der Waals surface area contributed by atoms with Crippen LogP contribution in [0.15, 0.2) is 33.7 Å². The fraction of sp³-hybridized carbons (Fsp3) is 0.556. The summed E-state index contributed by atoms with van der Waals surface area (Å²) in [6.45, 7) is 6.54. The van der Waals surface area contributed by atoms with Gasteiger partial charge >= 0.3 is 0 Å². The average molecular weight is 329 g/mol. The first-order valence-corrected chi connectivity index (χ1v) is 8.59. The molecule has 2 aromatic rings. The molecule has 128 valence electrons. The third-order valence-electron chi connectivity index (χ3n) is 5.43. The van der Waals surface area contributed by atoms with Crippen LogP contribution in [-0.4, -0.2) is 47.0 Å². The maximum atomic E-state index is 12.7. The SMILES string of the molecule is Cc1oncc1C(=O)N1CCC2(CCCN(Cc3ccoc3)C2)C1. The summed E-state index contributed by atoms with van der Waals surface area (Å²) in [5, 5.41) is 3.73. The number of rotatable bonds is 3. The lowest BCUT2D eigenvalue weighted by molar-refractivity contribution is 0.0673. The molecule has 1 unspecified atom stereocenters. The Morgan fingerprint density at radius 2 is 2.25 bits per heavy atom. The highest BCUT2D eigenvalue weighted by Gasteiger charge is 2.43. The van der Waals surface area contributed by atoms with E-state index in [1.165, 1.54) is 24.6 Å². The van der Waals surface area contributed by atoms with Gasteiger partial charge in [0, 0.05) is 37.2 Å². The molecule has 0 saturated carbocycles. The number of carbonyl (C=O) groups is 1. The summed E-state index contributed by atoms with van der Waals surface area (Å²) >= 11 is 0. The van der Waals surface area contributed by atoms with Gasteiger partial charge in [-0.15, -0.1) is 0 Å². The molecule has 2 aromatic heterocycles. The van der Waals surface area contributed by atoms with E-state index in [0.717, 1.165) is 39.1 Å². The third kappa shape index (κ3) is 2.86. The number of carbonyl (C=O) groups excluding carboxylic acids is 1. The van der Waals surface area contributed by atoms with Crippen molar-refractivity contribution >= 4 is 5.91 Å². The normalized spacial score (nSPS) is 24.8. The molecule has 0 bridgehead atoms. The first kappa shape index (κ1) is 15.4. The van der Waals surface area contributed by atoms with Crippen LogP contribution in [0.4, 0.5) is 0 Å². The van der Waals surface area contributed by atoms with Gasteiger partial charge in [0.05, 0.1) is 18.7 Å². The number of furan rings is 1. The van der Waals surface area contributed by atoms with Gasteiger partial charge < -0.3 is 13.8 Å². The van der Waals surface area contributed by atoms with Crippen molar-refractivity contribution in [2.24, 2.45) is 5.41 Å². The highest BCUT2D eigenvalue weighted by molar-refractivity contribution is 5.95. The smallest absolute Gasteiger partial charge is 0.259 e. The minimum atomic E-state index is 0.0533. The molecule has 0 aliphatic carbocycles. The molecule has 2 aliphatic rings. The standard InChI is InChI=1S/C18H23N3O3/c1-14-16(9-19-24-14)17(22)21-7-5-18(13-21)4-2-6-20(12-18)10-15-3-8-23-11-15/h3,8-9,11H,2,4-7,10,12-13H2,1H3. The average Bonchev–Trinajstić information content (AvgIpc) is 3.29. The van der Waals surface area contributed by atoms with E-state index in [1.807, 2.05) is 17.2 Å². The lowest BCUT2D eigenvalue weighted by Gasteiger charge is -2.40. The van der Waals surface area contributed by atoms with Gasteiger partial charge in [0.15, 0.2) is 0 Å². The molecule has 4 heterocycles. The molecule has 0 radical (unpaired) electrons. The maximum absolute atomic E-state index is 12.7. The van der Waals surface area contributed by atoms with E-state index in [0.29, 0.717) is 11.3 Å². The van der Waals surface area contributed by atoms with E-state index in [-0.39, 0.29) is 11.3 Å². The molecule has 6 heteroatoms. The summed E-state index contributed by atoms with van der Waals surface area (Å²) in [7, 11) is 0. The predicted molar refractivity (Wildman–Crippen MR) is 87.4 cm³/mol. The Morgan fingerprint density at radius 1 is 1.33 bits per heavy atom. The van der Waals surface area contributed by atoms with E-state index in [1.54, 1.807) is 13.2 Å². The van der Waals surface area contributed by atoms with Crippen LogP contribution in [0.2, 0.25) is 0 Å². The van der Waals surface area contributed by atoms with Gasteiger partial charge in [-0.1, -0.05) is 5.16 Å². The predicted octanol–water partition coefficient (Wildman–Crippen LogP) is 2.70. The highest BCUT2D eigenvalue weighted by atomic mass is 16.5. The minimum Gasteiger partial charge on any atom is -0.472 e. The number of amides is 1. The first-order chi connectivity index (χ1) is 11.7. The molecule has 24 heavy (non-hydrogen) atoms. The van der Waals surface area contributed by atoms with E-state index in [2.05, 4.69) is 10.1 Å². The molecule has 2 aliphatic heterocycles. The highest BCUT2D eigenvalue weighted by Crippen LogP contribution is 2.39. The molecule has 0 N–H and O–H groups in total. The van der Waals surface area contributed by atoms with Crippen LogP contribution < -0.4 is 0 Å². The van der Waals surface area contributed by atoms with E-state index in [9.17, 15) is 4.79 Å². The van der Waals surface area contributed by atoms with Crippen molar-refractivity contribution < 1.29 is 13.7 Å². The topological polar surface area (TPSA) is 62.7 Å². The van der Waals surface area contributed by atoms with Crippen LogP contribution in [0, 0.1) is 12.3 Å². The quantitative estimate of drug-likeness (QED) is 0.866. The Balaban J connectivity index is 1.43. The lowest BCUT2D eigenvalue weighted by atomic mass is 9.79. The van der Waals surface area contributed by atoms with E-state index >= 15 is 0 Å². The molecule has 6 nitrogen and oxygen atoms in total. The monoisotopic (exact) mass is 329 g/mol. The van der Waals surface area contributed by atoms with Crippen molar-refractivity contribution in [1.82, 2.24) is 15.0 Å². The van der Waals surface area contributed by atoms with Gasteiger partial charge in [-0.25, -0.2) is 0 Å². The number of aryl methyl sites for hydroxylation is 1. The van der Waals surface area contributed by atoms with Crippen molar-refractivity contribution in [2.75, 3.05) is 26.2 Å². The number of nitrogens with zero attached hydrogens (tertiary/aromatic N) is 3. The van der Waals surface area contributed by atoms with Crippen LogP contribution in [0.3, 0.4) is 0 Å². The van der Waals surface area contributed by atoms with Crippen molar-refractivity contribution in [2.45, 2.75) is 32.7 Å². The first-order valence-electron chi connectivity index (χ1n) is 8.59. The number of hydrogen-bond donors (Lipinski definition) is 0. The van der Waals surface area contributed by atoms with Gasteiger partial charge in [-0.05, 0) is 38.8 Å². The largest absolute Gasteiger partial charge is 0.472 e. The number of piperidine rings is 1. The molecular formula is C18H23N3O3. The Labute approximate surface area is 141 Å². The van der Waals surface area contributed by atoms with Crippen molar-refractivity contribution in [1.29, 1.82) is 0 Å². The van der Waals surface area contributed by atoms with E-state index in [4.69, 9.17) is 8.94 Å². The zero-order valence-corrected chi connectivity index (χ0v) is 14.0. The zero-order valence-electron chi connectivity index (χ0n) is 14.0. The van der Waals surface area contributed by atoms with Gasteiger partial charge in [-0.3, -0.25) is 9.69 Å². The molecule has 1 atom stereocenters. The second kappa shape index (κ2) is 6.09. The van der Waals surface area contributed by atoms with Crippen molar-refractivity contribution in [3.05, 3.63) is 41.7 Å². The molecule has 0 aromatic carbocycles.